The second-order valence-corrected chi connectivity index (χ2v) is 8.49. The summed E-state index contributed by atoms with van der Waals surface area (Å²) < 4.78 is 5.82. The third kappa shape index (κ3) is 7.91. The monoisotopic (exact) mass is 486 g/mol. The van der Waals surface area contributed by atoms with Gasteiger partial charge in [0.25, 0.3) is 5.91 Å². The van der Waals surface area contributed by atoms with E-state index < -0.39 is 5.91 Å². The van der Waals surface area contributed by atoms with Gasteiger partial charge in [-0.15, -0.1) is 0 Å². The molecular formula is C25H28Cl2N4O2. The largest absolute Gasteiger partial charge is 0.494 e. The molecule has 1 heterocycles. The van der Waals surface area contributed by atoms with Gasteiger partial charge in [0.05, 0.1) is 28.6 Å². The van der Waals surface area contributed by atoms with Gasteiger partial charge < -0.3 is 4.74 Å². The van der Waals surface area contributed by atoms with E-state index in [1.54, 1.807) is 24.3 Å². The Balaban J connectivity index is 1.47. The van der Waals surface area contributed by atoms with Crippen molar-refractivity contribution in [1.82, 2.24) is 15.6 Å². The number of carbonyl (C=O) groups excluding carboxylic acids is 1. The van der Waals surface area contributed by atoms with Crippen LogP contribution in [0.5, 0.6) is 5.75 Å². The molecule has 3 rings (SSSR count). The first-order valence-electron chi connectivity index (χ1n) is 11.1. The number of nitrogens with one attached hydrogen (secondary N) is 2. The quantitative estimate of drug-likeness (QED) is 0.166. The zero-order valence-electron chi connectivity index (χ0n) is 18.6. The number of halogens is 2. The molecule has 1 amide bonds. The third-order valence-electron chi connectivity index (χ3n) is 5.06. The van der Waals surface area contributed by atoms with Gasteiger partial charge in [-0.1, -0.05) is 68.3 Å². The minimum absolute atomic E-state index is 0.305. The number of hydrogen-bond donors (Lipinski definition) is 2. The van der Waals surface area contributed by atoms with Gasteiger partial charge in [0.1, 0.15) is 11.4 Å². The van der Waals surface area contributed by atoms with Crippen LogP contribution >= 0.6 is 23.2 Å². The number of aromatic nitrogens is 2. The fourth-order valence-electron chi connectivity index (χ4n) is 3.20. The minimum Gasteiger partial charge on any atom is -0.494 e. The number of rotatable bonds is 12. The van der Waals surface area contributed by atoms with Gasteiger partial charge in [-0.25, -0.2) is 5.43 Å². The molecule has 2 aromatic carbocycles. The van der Waals surface area contributed by atoms with Crippen molar-refractivity contribution in [2.24, 2.45) is 5.10 Å². The van der Waals surface area contributed by atoms with E-state index in [0.717, 1.165) is 24.3 Å². The molecule has 0 unspecified atom stereocenters. The lowest BCUT2D eigenvalue weighted by atomic mass is 10.1. The first-order chi connectivity index (χ1) is 16.1. The van der Waals surface area contributed by atoms with Crippen molar-refractivity contribution < 1.29 is 9.53 Å². The SMILES string of the molecule is CCCCCCCCOc1ccc(-c2cc(C(=O)N/N=C/c3ccc(Cl)c(Cl)c3)[nH]n2)cc1. The predicted octanol–water partition coefficient (Wildman–Crippen LogP) is 6.89. The van der Waals surface area contributed by atoms with Crippen molar-refractivity contribution in [2.45, 2.75) is 45.4 Å². The van der Waals surface area contributed by atoms with Crippen LogP contribution in [0.25, 0.3) is 11.3 Å². The van der Waals surface area contributed by atoms with Gasteiger partial charge in [0.15, 0.2) is 0 Å². The summed E-state index contributed by atoms with van der Waals surface area (Å²) in [4.78, 5) is 12.3. The predicted molar refractivity (Wildman–Crippen MR) is 134 cm³/mol. The number of hydrazone groups is 1. The van der Waals surface area contributed by atoms with Crippen molar-refractivity contribution in [1.29, 1.82) is 0 Å². The third-order valence-corrected chi connectivity index (χ3v) is 5.80. The Morgan fingerprint density at radius 2 is 1.79 bits per heavy atom. The standard InChI is InChI=1S/C25H28Cl2N4O2/c1-2-3-4-5-6-7-14-33-20-11-9-19(10-12-20)23-16-24(30-29-23)25(32)31-28-17-18-8-13-21(26)22(27)15-18/h8-13,15-17H,2-7,14H2,1H3,(H,29,30)(H,31,32)/b28-17+. The molecule has 174 valence electrons. The molecule has 3 aromatic rings. The zero-order valence-corrected chi connectivity index (χ0v) is 20.1. The van der Waals surface area contributed by atoms with Crippen LogP contribution < -0.4 is 10.2 Å². The Morgan fingerprint density at radius 1 is 1.03 bits per heavy atom. The van der Waals surface area contributed by atoms with Crippen LogP contribution in [0.3, 0.4) is 0 Å². The van der Waals surface area contributed by atoms with Crippen molar-refractivity contribution in [3.63, 3.8) is 0 Å². The smallest absolute Gasteiger partial charge is 0.289 e. The molecule has 8 heteroatoms. The van der Waals surface area contributed by atoms with Gasteiger partial charge >= 0.3 is 0 Å². The maximum absolute atomic E-state index is 12.3. The maximum atomic E-state index is 12.3. The topological polar surface area (TPSA) is 79.4 Å². The summed E-state index contributed by atoms with van der Waals surface area (Å²) in [5, 5.41) is 11.8. The zero-order chi connectivity index (χ0) is 23.5. The summed E-state index contributed by atoms with van der Waals surface area (Å²) >= 11 is 11.9. The van der Waals surface area contributed by atoms with Crippen LogP contribution in [0.2, 0.25) is 10.0 Å². The van der Waals surface area contributed by atoms with Crippen LogP contribution in [-0.2, 0) is 0 Å². The van der Waals surface area contributed by atoms with Gasteiger partial charge in [-0.3, -0.25) is 9.89 Å². The summed E-state index contributed by atoms with van der Waals surface area (Å²) in [6, 6.07) is 14.4. The number of unbranched alkanes of at least 4 members (excludes halogenated alkanes) is 5. The molecule has 0 spiro atoms. The second kappa shape index (κ2) is 13.0. The number of nitrogens with zero attached hydrogens (tertiary/aromatic N) is 2. The van der Waals surface area contributed by atoms with E-state index in [-0.39, 0.29) is 0 Å². The molecule has 1 aromatic heterocycles. The van der Waals surface area contributed by atoms with Crippen LogP contribution in [0, 0.1) is 0 Å². The number of hydrogen-bond acceptors (Lipinski definition) is 4. The molecule has 0 saturated carbocycles. The molecule has 0 fully saturated rings. The molecule has 33 heavy (non-hydrogen) atoms. The molecule has 0 atom stereocenters. The molecule has 0 radical (unpaired) electrons. The highest BCUT2D eigenvalue weighted by Gasteiger charge is 2.10. The Bertz CT molecular complexity index is 1060. The van der Waals surface area contributed by atoms with Gasteiger partial charge in [-0.2, -0.15) is 10.2 Å². The first kappa shape index (κ1) is 24.8. The lowest BCUT2D eigenvalue weighted by Crippen LogP contribution is -2.18. The molecule has 0 saturated heterocycles. The lowest BCUT2D eigenvalue weighted by Gasteiger charge is -2.06. The summed E-state index contributed by atoms with van der Waals surface area (Å²) in [6.45, 7) is 2.95. The Labute approximate surface area is 204 Å². The summed E-state index contributed by atoms with van der Waals surface area (Å²) in [7, 11) is 0. The van der Waals surface area contributed by atoms with Crippen LogP contribution in [0.15, 0.2) is 53.6 Å². The molecule has 0 aliphatic heterocycles. The van der Waals surface area contributed by atoms with E-state index in [4.69, 9.17) is 27.9 Å². The fourth-order valence-corrected chi connectivity index (χ4v) is 3.51. The van der Waals surface area contributed by atoms with Crippen LogP contribution in [0.1, 0.15) is 61.5 Å². The van der Waals surface area contributed by atoms with Crippen molar-refractivity contribution in [2.75, 3.05) is 6.61 Å². The molecule has 0 bridgehead atoms. The van der Waals surface area contributed by atoms with E-state index in [2.05, 4.69) is 27.6 Å². The van der Waals surface area contributed by atoms with E-state index in [9.17, 15) is 4.79 Å². The van der Waals surface area contributed by atoms with Crippen molar-refractivity contribution >= 4 is 35.3 Å². The minimum atomic E-state index is -0.399. The number of amides is 1. The molecule has 6 nitrogen and oxygen atoms in total. The van der Waals surface area contributed by atoms with Crippen LogP contribution in [0.4, 0.5) is 0 Å². The van der Waals surface area contributed by atoms with Gasteiger partial charge in [-0.05, 0) is 54.4 Å². The molecule has 0 aliphatic carbocycles. The number of aromatic amines is 1. The summed E-state index contributed by atoms with van der Waals surface area (Å²) in [5.41, 5.74) is 5.03. The van der Waals surface area contributed by atoms with E-state index >= 15 is 0 Å². The highest BCUT2D eigenvalue weighted by Crippen LogP contribution is 2.23. The Morgan fingerprint density at radius 3 is 2.55 bits per heavy atom. The highest BCUT2D eigenvalue weighted by molar-refractivity contribution is 6.42. The number of benzene rings is 2. The molecule has 0 aliphatic rings. The Hall–Kier alpha value is -2.83. The lowest BCUT2D eigenvalue weighted by molar-refractivity contribution is 0.0950. The molecular weight excluding hydrogens is 459 g/mol. The number of ether oxygens (including phenoxy) is 1. The number of carbonyl (C=O) groups is 1. The van der Waals surface area contributed by atoms with E-state index in [0.29, 0.717) is 27.0 Å². The highest BCUT2D eigenvalue weighted by atomic mass is 35.5. The normalized spacial score (nSPS) is 11.1. The number of H-pyrrole nitrogens is 1. The average Bonchev–Trinajstić information content (AvgIpc) is 3.32. The second-order valence-electron chi connectivity index (χ2n) is 7.68. The van der Waals surface area contributed by atoms with Gasteiger partial charge in [0.2, 0.25) is 0 Å². The summed E-state index contributed by atoms with van der Waals surface area (Å²) in [6.07, 6.45) is 8.90. The Kier molecular flexibility index (Phi) is 9.78. The first-order valence-corrected chi connectivity index (χ1v) is 11.9. The molecule has 2 N–H and O–H groups in total. The van der Waals surface area contributed by atoms with E-state index in [1.807, 2.05) is 24.3 Å². The maximum Gasteiger partial charge on any atom is 0.289 e. The van der Waals surface area contributed by atoms with Gasteiger partial charge in [0, 0.05) is 5.56 Å². The van der Waals surface area contributed by atoms with E-state index in [1.165, 1.54) is 38.3 Å². The summed E-state index contributed by atoms with van der Waals surface area (Å²) in [5.74, 6) is 0.432. The van der Waals surface area contributed by atoms with Crippen molar-refractivity contribution in [3.8, 4) is 17.0 Å². The van der Waals surface area contributed by atoms with Crippen LogP contribution in [-0.4, -0.2) is 28.9 Å². The average molecular weight is 487 g/mol. The van der Waals surface area contributed by atoms with Crippen molar-refractivity contribution in [3.05, 3.63) is 69.8 Å². The fraction of sp³-hybridized carbons (Fsp3) is 0.320.